The van der Waals surface area contributed by atoms with Crippen molar-refractivity contribution in [1.82, 2.24) is 9.80 Å². The number of benzene rings is 3. The van der Waals surface area contributed by atoms with E-state index in [-0.39, 0.29) is 59.1 Å². The molecule has 2 amide bonds. The number of nitro groups is 1. The molecular formula is C30H23Cl2N3O8. The first-order chi connectivity index (χ1) is 20.6. The van der Waals surface area contributed by atoms with E-state index in [1.165, 1.54) is 34.3 Å². The number of fused-ring (bicyclic) bond motifs is 2. The van der Waals surface area contributed by atoms with Crippen LogP contribution in [-0.2, 0) is 17.9 Å². The first-order valence-corrected chi connectivity index (χ1v) is 13.6. The van der Waals surface area contributed by atoms with Crippen LogP contribution in [0.3, 0.4) is 0 Å². The van der Waals surface area contributed by atoms with Gasteiger partial charge in [-0.2, -0.15) is 0 Å². The third-order valence-corrected chi connectivity index (χ3v) is 7.23. The summed E-state index contributed by atoms with van der Waals surface area (Å²) in [7, 11) is 0. The van der Waals surface area contributed by atoms with Crippen LogP contribution in [0.5, 0.6) is 11.5 Å². The molecule has 0 atom stereocenters. The van der Waals surface area contributed by atoms with Crippen LogP contribution in [0.1, 0.15) is 21.5 Å². The van der Waals surface area contributed by atoms with E-state index < -0.39 is 23.3 Å². The van der Waals surface area contributed by atoms with Gasteiger partial charge in [-0.15, -0.1) is 6.58 Å². The fourth-order valence-corrected chi connectivity index (χ4v) is 4.98. The fourth-order valence-electron chi connectivity index (χ4n) is 4.55. The number of carbonyl (C=O) groups excluding carboxylic acids is 2. The van der Waals surface area contributed by atoms with Gasteiger partial charge in [-0.1, -0.05) is 35.3 Å². The highest BCUT2D eigenvalue weighted by molar-refractivity contribution is 6.34. The highest BCUT2D eigenvalue weighted by Gasteiger charge is 2.26. The lowest BCUT2D eigenvalue weighted by Crippen LogP contribution is -2.43. The van der Waals surface area contributed by atoms with Crippen LogP contribution in [0.25, 0.3) is 11.0 Å². The Balaban J connectivity index is 1.46. The van der Waals surface area contributed by atoms with Crippen molar-refractivity contribution in [3.05, 3.63) is 121 Å². The number of carbonyl (C=O) groups is 2. The number of ether oxygens (including phenoxy) is 2. The van der Waals surface area contributed by atoms with E-state index in [4.69, 9.17) is 37.1 Å². The van der Waals surface area contributed by atoms with Crippen LogP contribution in [0.4, 0.5) is 5.69 Å². The fraction of sp³-hybridized carbons (Fsp3) is 0.167. The van der Waals surface area contributed by atoms with Gasteiger partial charge in [-0.3, -0.25) is 24.5 Å². The minimum atomic E-state index is -0.629. The molecule has 0 fully saturated rings. The topological polar surface area (TPSA) is 132 Å². The standard InChI is InChI=1S/C30H23Cl2N3O8/c1-2-9-33(30(38)22-6-5-21(35(39)40)12-24(22)32)15-28(36)34(13-18-3-7-26-27(10-18)43-17-42-26)14-19-16-41-25-8-4-20(31)11-23(25)29(19)37/h2-8,10-12,16H,1,9,13-15,17H2. The summed E-state index contributed by atoms with van der Waals surface area (Å²) in [4.78, 5) is 53.7. The Morgan fingerprint density at radius 2 is 1.79 bits per heavy atom. The minimum Gasteiger partial charge on any atom is -0.464 e. The molecule has 0 bridgehead atoms. The molecule has 1 aliphatic heterocycles. The molecule has 4 aromatic rings. The molecule has 0 aliphatic carbocycles. The predicted octanol–water partition coefficient (Wildman–Crippen LogP) is 5.59. The summed E-state index contributed by atoms with van der Waals surface area (Å²) >= 11 is 12.3. The Morgan fingerprint density at radius 1 is 1.00 bits per heavy atom. The summed E-state index contributed by atoms with van der Waals surface area (Å²) in [6.07, 6.45) is 2.73. The van der Waals surface area contributed by atoms with Crippen LogP contribution in [-0.4, -0.2) is 46.4 Å². The number of hydrogen-bond donors (Lipinski definition) is 0. The normalized spacial score (nSPS) is 11.8. The van der Waals surface area contributed by atoms with Crippen molar-refractivity contribution in [2.45, 2.75) is 13.1 Å². The van der Waals surface area contributed by atoms with Crippen LogP contribution < -0.4 is 14.9 Å². The second kappa shape index (κ2) is 12.6. The van der Waals surface area contributed by atoms with E-state index in [2.05, 4.69) is 6.58 Å². The summed E-state index contributed by atoms with van der Waals surface area (Å²) in [5.41, 5.74) is 0.572. The number of nitro benzene ring substituents is 1. The molecular weight excluding hydrogens is 601 g/mol. The minimum absolute atomic E-state index is 0.0173. The highest BCUT2D eigenvalue weighted by Crippen LogP contribution is 2.33. The van der Waals surface area contributed by atoms with Gasteiger partial charge >= 0.3 is 0 Å². The molecule has 2 heterocycles. The van der Waals surface area contributed by atoms with E-state index in [0.717, 1.165) is 12.1 Å². The first kappa shape index (κ1) is 29.6. The van der Waals surface area contributed by atoms with Crippen molar-refractivity contribution in [3.8, 4) is 11.5 Å². The van der Waals surface area contributed by atoms with Gasteiger partial charge < -0.3 is 23.7 Å². The summed E-state index contributed by atoms with van der Waals surface area (Å²) in [5, 5.41) is 11.6. The zero-order valence-electron chi connectivity index (χ0n) is 22.5. The Labute approximate surface area is 254 Å². The van der Waals surface area contributed by atoms with Gasteiger partial charge in [0.2, 0.25) is 12.7 Å². The van der Waals surface area contributed by atoms with Crippen LogP contribution in [0.15, 0.2) is 82.7 Å². The maximum Gasteiger partial charge on any atom is 0.270 e. The summed E-state index contributed by atoms with van der Waals surface area (Å²) in [6.45, 7) is 3.22. The van der Waals surface area contributed by atoms with Crippen molar-refractivity contribution in [3.63, 3.8) is 0 Å². The molecule has 220 valence electrons. The highest BCUT2D eigenvalue weighted by atomic mass is 35.5. The maximum absolute atomic E-state index is 13.8. The molecule has 11 nitrogen and oxygen atoms in total. The van der Waals surface area contributed by atoms with E-state index in [1.54, 1.807) is 30.3 Å². The van der Waals surface area contributed by atoms with E-state index >= 15 is 0 Å². The van der Waals surface area contributed by atoms with Gasteiger partial charge in [-0.05, 0) is 42.0 Å². The summed E-state index contributed by atoms with van der Waals surface area (Å²) in [5.74, 6) is -0.0509. The monoisotopic (exact) mass is 623 g/mol. The van der Waals surface area contributed by atoms with E-state index in [1.807, 2.05) is 0 Å². The SMILES string of the molecule is C=CCN(CC(=O)N(Cc1ccc2c(c1)OCO2)Cc1coc2ccc(Cl)cc2c1=O)C(=O)c1ccc([N+](=O)[O-])cc1Cl. The lowest BCUT2D eigenvalue weighted by molar-refractivity contribution is -0.384. The lowest BCUT2D eigenvalue weighted by Gasteiger charge is -2.27. The summed E-state index contributed by atoms with van der Waals surface area (Å²) in [6, 6.07) is 13.4. The molecule has 5 rings (SSSR count). The average Bonchev–Trinajstić information content (AvgIpc) is 3.45. The number of nitrogens with zero attached hydrogens (tertiary/aromatic N) is 3. The number of halogens is 2. The number of amides is 2. The molecule has 0 saturated carbocycles. The molecule has 0 N–H and O–H groups in total. The zero-order chi connectivity index (χ0) is 30.7. The third kappa shape index (κ3) is 6.47. The second-order valence-electron chi connectivity index (χ2n) is 9.56. The molecule has 1 aliphatic rings. The second-order valence-corrected chi connectivity index (χ2v) is 10.4. The van der Waals surface area contributed by atoms with Crippen LogP contribution in [0, 0.1) is 10.1 Å². The van der Waals surface area contributed by atoms with Crippen LogP contribution >= 0.6 is 23.2 Å². The molecule has 1 aromatic heterocycles. The number of non-ortho nitro benzene ring substituents is 1. The smallest absolute Gasteiger partial charge is 0.270 e. The maximum atomic E-state index is 13.8. The predicted molar refractivity (Wildman–Crippen MR) is 159 cm³/mol. The molecule has 0 radical (unpaired) electrons. The van der Waals surface area contributed by atoms with Crippen LogP contribution in [0.2, 0.25) is 10.0 Å². The Bertz CT molecular complexity index is 1820. The van der Waals surface area contributed by atoms with Crippen molar-refractivity contribution in [2.75, 3.05) is 19.9 Å². The van der Waals surface area contributed by atoms with Gasteiger partial charge in [0, 0.05) is 30.2 Å². The van der Waals surface area contributed by atoms with Gasteiger partial charge in [0.15, 0.2) is 16.9 Å². The Morgan fingerprint density at radius 3 is 2.53 bits per heavy atom. The largest absolute Gasteiger partial charge is 0.464 e. The van der Waals surface area contributed by atoms with Gasteiger partial charge in [0.25, 0.3) is 11.6 Å². The van der Waals surface area contributed by atoms with Crippen molar-refractivity contribution in [1.29, 1.82) is 0 Å². The zero-order valence-corrected chi connectivity index (χ0v) is 24.0. The third-order valence-electron chi connectivity index (χ3n) is 6.69. The molecule has 0 spiro atoms. The molecule has 0 unspecified atom stereocenters. The Kier molecular flexibility index (Phi) is 8.65. The molecule has 3 aromatic carbocycles. The van der Waals surface area contributed by atoms with Crippen molar-refractivity contribution < 1.29 is 28.4 Å². The Hall–Kier alpha value is -4.87. The van der Waals surface area contributed by atoms with E-state index in [9.17, 15) is 24.5 Å². The van der Waals surface area contributed by atoms with Crippen molar-refractivity contribution >= 4 is 51.7 Å². The quantitative estimate of drug-likeness (QED) is 0.127. The van der Waals surface area contributed by atoms with Gasteiger partial charge in [-0.25, -0.2) is 0 Å². The molecule has 43 heavy (non-hydrogen) atoms. The van der Waals surface area contributed by atoms with Crippen molar-refractivity contribution in [2.24, 2.45) is 0 Å². The first-order valence-electron chi connectivity index (χ1n) is 12.8. The summed E-state index contributed by atoms with van der Waals surface area (Å²) < 4.78 is 16.5. The molecule has 0 saturated heterocycles. The van der Waals surface area contributed by atoms with E-state index in [0.29, 0.717) is 27.7 Å². The average molecular weight is 624 g/mol. The van der Waals surface area contributed by atoms with Gasteiger partial charge in [0.05, 0.1) is 39.3 Å². The lowest BCUT2D eigenvalue weighted by atomic mass is 10.1. The molecule has 13 heteroatoms. The van der Waals surface area contributed by atoms with Gasteiger partial charge in [0.1, 0.15) is 12.1 Å². The number of rotatable bonds is 10. The number of hydrogen-bond acceptors (Lipinski definition) is 8.